The van der Waals surface area contributed by atoms with Crippen LogP contribution >= 0.6 is 11.6 Å². The lowest BCUT2D eigenvalue weighted by Gasteiger charge is -2.07. The lowest BCUT2D eigenvalue weighted by molar-refractivity contribution is -0.121. The number of hydrogen-bond donors (Lipinski definition) is 2. The normalized spacial score (nSPS) is 10.2. The van der Waals surface area contributed by atoms with Crippen molar-refractivity contribution in [1.29, 1.82) is 0 Å². The summed E-state index contributed by atoms with van der Waals surface area (Å²) in [6.07, 6.45) is 0. The van der Waals surface area contributed by atoms with Crippen molar-refractivity contribution in [3.8, 4) is 5.75 Å². The molecule has 5 heteroatoms. The van der Waals surface area contributed by atoms with Crippen molar-refractivity contribution < 1.29 is 14.6 Å². The summed E-state index contributed by atoms with van der Waals surface area (Å²) in [5, 5.41) is 12.8. The van der Waals surface area contributed by atoms with Gasteiger partial charge in [0.1, 0.15) is 12.4 Å². The molecule has 0 heterocycles. The van der Waals surface area contributed by atoms with Crippen LogP contribution in [0.4, 0.5) is 5.69 Å². The van der Waals surface area contributed by atoms with Crippen LogP contribution in [0.1, 0.15) is 5.56 Å². The first-order valence-electron chi connectivity index (χ1n) is 6.05. The maximum absolute atomic E-state index is 11.6. The smallest absolute Gasteiger partial charge is 0.250 e. The third-order valence-electron chi connectivity index (χ3n) is 2.61. The highest BCUT2D eigenvalue weighted by Crippen LogP contribution is 2.16. The van der Waals surface area contributed by atoms with Crippen molar-refractivity contribution in [2.75, 3.05) is 11.9 Å². The molecule has 4 nitrogen and oxygen atoms in total. The van der Waals surface area contributed by atoms with Gasteiger partial charge in [-0.15, -0.1) is 0 Å². The molecule has 0 saturated heterocycles. The molecule has 0 unspecified atom stereocenters. The maximum atomic E-state index is 11.6. The molecule has 0 saturated carbocycles. The topological polar surface area (TPSA) is 58.6 Å². The van der Waals surface area contributed by atoms with Gasteiger partial charge in [-0.2, -0.15) is 0 Å². The minimum Gasteiger partial charge on any atom is -0.508 e. The SMILES string of the molecule is O=C(COCc1ccccc1O)Nc1ccc(Cl)cc1. The summed E-state index contributed by atoms with van der Waals surface area (Å²) in [5.74, 6) is -0.103. The molecule has 2 N–H and O–H groups in total. The monoisotopic (exact) mass is 291 g/mol. The van der Waals surface area contributed by atoms with E-state index in [1.807, 2.05) is 0 Å². The Morgan fingerprint density at radius 3 is 2.55 bits per heavy atom. The van der Waals surface area contributed by atoms with Crippen molar-refractivity contribution in [2.24, 2.45) is 0 Å². The number of para-hydroxylation sites is 1. The predicted molar refractivity (Wildman–Crippen MR) is 77.8 cm³/mol. The number of rotatable bonds is 5. The number of phenols is 1. The van der Waals surface area contributed by atoms with Crippen LogP contribution in [-0.4, -0.2) is 17.6 Å². The van der Waals surface area contributed by atoms with Crippen molar-refractivity contribution in [1.82, 2.24) is 0 Å². The molecule has 2 rings (SSSR count). The van der Waals surface area contributed by atoms with Gasteiger partial charge >= 0.3 is 0 Å². The third kappa shape index (κ3) is 4.26. The number of nitrogens with one attached hydrogen (secondary N) is 1. The van der Waals surface area contributed by atoms with E-state index in [1.54, 1.807) is 48.5 Å². The Kier molecular flexibility index (Phi) is 4.98. The Morgan fingerprint density at radius 1 is 1.15 bits per heavy atom. The number of ether oxygens (including phenoxy) is 1. The summed E-state index contributed by atoms with van der Waals surface area (Å²) >= 11 is 5.75. The van der Waals surface area contributed by atoms with E-state index in [4.69, 9.17) is 16.3 Å². The van der Waals surface area contributed by atoms with Crippen molar-refractivity contribution in [2.45, 2.75) is 6.61 Å². The van der Waals surface area contributed by atoms with Crippen LogP contribution in [0.2, 0.25) is 5.02 Å². The van der Waals surface area contributed by atoms with Crippen LogP contribution in [-0.2, 0) is 16.1 Å². The first-order valence-corrected chi connectivity index (χ1v) is 6.43. The van der Waals surface area contributed by atoms with E-state index < -0.39 is 0 Å². The summed E-state index contributed by atoms with van der Waals surface area (Å²) in [6.45, 7) is 0.0949. The molecule has 0 aliphatic carbocycles. The first-order chi connectivity index (χ1) is 9.65. The molecular formula is C15H14ClNO3. The minimum atomic E-state index is -0.261. The Hall–Kier alpha value is -2.04. The second-order valence-corrected chi connectivity index (χ2v) is 4.61. The Labute approximate surface area is 122 Å². The van der Waals surface area contributed by atoms with Gasteiger partial charge in [-0.25, -0.2) is 0 Å². The fraction of sp³-hybridized carbons (Fsp3) is 0.133. The van der Waals surface area contributed by atoms with E-state index in [1.165, 1.54) is 0 Å². The van der Waals surface area contributed by atoms with Crippen LogP contribution < -0.4 is 5.32 Å². The molecule has 104 valence electrons. The molecule has 0 spiro atoms. The van der Waals surface area contributed by atoms with Crippen LogP contribution in [0.25, 0.3) is 0 Å². The summed E-state index contributed by atoms with van der Waals surface area (Å²) in [7, 11) is 0. The average molecular weight is 292 g/mol. The zero-order chi connectivity index (χ0) is 14.4. The summed E-state index contributed by atoms with van der Waals surface area (Å²) in [5.41, 5.74) is 1.30. The third-order valence-corrected chi connectivity index (χ3v) is 2.86. The predicted octanol–water partition coefficient (Wildman–Crippen LogP) is 3.20. The molecule has 0 aliphatic rings. The summed E-state index contributed by atoms with van der Waals surface area (Å²) in [6, 6.07) is 13.7. The number of carbonyl (C=O) groups excluding carboxylic acids is 1. The van der Waals surface area contributed by atoms with E-state index >= 15 is 0 Å². The number of amides is 1. The van der Waals surface area contributed by atoms with Gasteiger partial charge in [-0.1, -0.05) is 29.8 Å². The number of carbonyl (C=O) groups is 1. The van der Waals surface area contributed by atoms with Crippen LogP contribution in [0.5, 0.6) is 5.75 Å². The van der Waals surface area contributed by atoms with E-state index in [0.29, 0.717) is 16.3 Å². The van der Waals surface area contributed by atoms with E-state index in [0.717, 1.165) is 0 Å². The van der Waals surface area contributed by atoms with Crippen molar-refractivity contribution in [3.05, 3.63) is 59.1 Å². The highest BCUT2D eigenvalue weighted by atomic mass is 35.5. The molecule has 0 radical (unpaired) electrons. The molecule has 0 aliphatic heterocycles. The molecule has 0 fully saturated rings. The largest absolute Gasteiger partial charge is 0.508 e. The van der Waals surface area contributed by atoms with Gasteiger partial charge in [-0.05, 0) is 30.3 Å². The number of anilines is 1. The standard InChI is InChI=1S/C15H14ClNO3/c16-12-5-7-13(8-6-12)17-15(19)10-20-9-11-3-1-2-4-14(11)18/h1-8,18H,9-10H2,(H,17,19). The van der Waals surface area contributed by atoms with Gasteiger partial charge in [0.25, 0.3) is 0 Å². The highest BCUT2D eigenvalue weighted by Gasteiger charge is 2.04. The van der Waals surface area contributed by atoms with E-state index in [9.17, 15) is 9.90 Å². The van der Waals surface area contributed by atoms with Crippen molar-refractivity contribution in [3.63, 3.8) is 0 Å². The highest BCUT2D eigenvalue weighted by molar-refractivity contribution is 6.30. The fourth-order valence-electron chi connectivity index (χ4n) is 1.62. The molecule has 1 amide bonds. The zero-order valence-corrected chi connectivity index (χ0v) is 11.4. The minimum absolute atomic E-state index is 0.0863. The van der Waals surface area contributed by atoms with Crippen molar-refractivity contribution >= 4 is 23.2 Å². The van der Waals surface area contributed by atoms with Gasteiger partial charge < -0.3 is 15.2 Å². The van der Waals surface area contributed by atoms with E-state index in [-0.39, 0.29) is 24.9 Å². The Balaban J connectivity index is 1.78. The van der Waals surface area contributed by atoms with Crippen LogP contribution in [0.15, 0.2) is 48.5 Å². The molecule has 0 atom stereocenters. The van der Waals surface area contributed by atoms with Crippen LogP contribution in [0.3, 0.4) is 0 Å². The van der Waals surface area contributed by atoms with Gasteiger partial charge in [0.2, 0.25) is 5.91 Å². The van der Waals surface area contributed by atoms with E-state index in [2.05, 4.69) is 5.32 Å². The number of halogens is 1. The molecule has 0 aromatic heterocycles. The summed E-state index contributed by atoms with van der Waals surface area (Å²) < 4.78 is 5.26. The molecule has 0 bridgehead atoms. The number of aromatic hydroxyl groups is 1. The second kappa shape index (κ2) is 6.93. The van der Waals surface area contributed by atoms with Gasteiger partial charge in [0.15, 0.2) is 0 Å². The van der Waals surface area contributed by atoms with Gasteiger partial charge in [0.05, 0.1) is 6.61 Å². The second-order valence-electron chi connectivity index (χ2n) is 4.18. The lowest BCUT2D eigenvalue weighted by Crippen LogP contribution is -2.18. The quantitative estimate of drug-likeness (QED) is 0.889. The van der Waals surface area contributed by atoms with Gasteiger partial charge in [-0.3, -0.25) is 4.79 Å². The number of hydrogen-bond acceptors (Lipinski definition) is 3. The number of phenolic OH excluding ortho intramolecular Hbond substituents is 1. The Morgan fingerprint density at radius 2 is 1.85 bits per heavy atom. The summed E-state index contributed by atoms with van der Waals surface area (Å²) in [4.78, 5) is 11.6. The molecule has 2 aromatic carbocycles. The lowest BCUT2D eigenvalue weighted by atomic mass is 10.2. The maximum Gasteiger partial charge on any atom is 0.250 e. The first kappa shape index (κ1) is 14.4. The van der Waals surface area contributed by atoms with Crippen LogP contribution in [0, 0.1) is 0 Å². The molecule has 2 aromatic rings. The van der Waals surface area contributed by atoms with Gasteiger partial charge in [0, 0.05) is 16.3 Å². The fourth-order valence-corrected chi connectivity index (χ4v) is 1.74. The zero-order valence-electron chi connectivity index (χ0n) is 10.7. The number of benzene rings is 2. The Bertz CT molecular complexity index is 584. The molecular weight excluding hydrogens is 278 g/mol. The average Bonchev–Trinajstić information content (AvgIpc) is 2.43. The molecule has 20 heavy (non-hydrogen) atoms.